The van der Waals surface area contributed by atoms with Crippen molar-refractivity contribution in [1.29, 1.82) is 0 Å². The highest BCUT2D eigenvalue weighted by Gasteiger charge is 2.00. The van der Waals surface area contributed by atoms with Crippen molar-refractivity contribution in [1.82, 2.24) is 0 Å². The number of hydrogen-bond acceptors (Lipinski definition) is 1. The maximum absolute atomic E-state index is 5.49. The Hall–Kier alpha value is -1.50. The molecular formula is C14H16O. The van der Waals surface area contributed by atoms with Crippen LogP contribution in [-0.4, -0.2) is 6.61 Å². The molecule has 78 valence electrons. The van der Waals surface area contributed by atoms with E-state index in [4.69, 9.17) is 4.74 Å². The summed E-state index contributed by atoms with van der Waals surface area (Å²) in [5.41, 5.74) is 1.40. The van der Waals surface area contributed by atoms with Gasteiger partial charge in [-0.2, -0.15) is 0 Å². The van der Waals surface area contributed by atoms with Crippen LogP contribution < -0.4 is 4.74 Å². The molecule has 0 heterocycles. The summed E-state index contributed by atoms with van der Waals surface area (Å²) in [5, 5.41) is 2.60. The zero-order valence-corrected chi connectivity index (χ0v) is 9.29. The first kappa shape index (κ1) is 10.0. The summed E-state index contributed by atoms with van der Waals surface area (Å²) >= 11 is 0. The molecule has 15 heavy (non-hydrogen) atoms. The van der Waals surface area contributed by atoms with Gasteiger partial charge in [-0.1, -0.05) is 31.2 Å². The van der Waals surface area contributed by atoms with Crippen molar-refractivity contribution >= 4 is 10.8 Å². The van der Waals surface area contributed by atoms with Crippen molar-refractivity contribution in [3.05, 3.63) is 42.0 Å². The van der Waals surface area contributed by atoms with Crippen LogP contribution in [0.1, 0.15) is 19.4 Å². The van der Waals surface area contributed by atoms with E-state index in [1.165, 1.54) is 16.3 Å². The average molecular weight is 200 g/mol. The Morgan fingerprint density at radius 2 is 1.93 bits per heavy atom. The summed E-state index contributed by atoms with van der Waals surface area (Å²) in [4.78, 5) is 0. The topological polar surface area (TPSA) is 9.23 Å². The lowest BCUT2D eigenvalue weighted by molar-refractivity contribution is 0.341. The summed E-state index contributed by atoms with van der Waals surface area (Å²) in [7, 11) is 0. The molecule has 2 aromatic carbocycles. The van der Waals surface area contributed by atoms with Gasteiger partial charge in [-0.15, -0.1) is 0 Å². The predicted molar refractivity (Wildman–Crippen MR) is 64.5 cm³/mol. The summed E-state index contributed by atoms with van der Waals surface area (Å²) in [6, 6.07) is 12.7. The smallest absolute Gasteiger partial charge is 0.119 e. The van der Waals surface area contributed by atoms with Crippen molar-refractivity contribution in [3.63, 3.8) is 0 Å². The maximum atomic E-state index is 5.49. The predicted octanol–water partition coefficient (Wildman–Crippen LogP) is 3.80. The molecule has 0 fully saturated rings. The van der Waals surface area contributed by atoms with E-state index in [0.717, 1.165) is 18.8 Å². The van der Waals surface area contributed by atoms with E-state index >= 15 is 0 Å². The molecule has 0 saturated heterocycles. The highest BCUT2D eigenvalue weighted by atomic mass is 16.5. The molecule has 0 saturated carbocycles. The van der Waals surface area contributed by atoms with Crippen molar-refractivity contribution < 1.29 is 4.74 Å². The van der Waals surface area contributed by atoms with Crippen LogP contribution in [0, 0.1) is 0 Å². The molecule has 0 aliphatic rings. The molecule has 0 amide bonds. The zero-order valence-electron chi connectivity index (χ0n) is 9.29. The molecule has 0 radical (unpaired) electrons. The van der Waals surface area contributed by atoms with Gasteiger partial charge in [0.2, 0.25) is 0 Å². The maximum Gasteiger partial charge on any atom is 0.119 e. The van der Waals surface area contributed by atoms with Crippen LogP contribution >= 0.6 is 0 Å². The lowest BCUT2D eigenvalue weighted by Crippen LogP contribution is -1.91. The number of fused-ring (bicyclic) bond motifs is 1. The van der Waals surface area contributed by atoms with Gasteiger partial charge in [0.25, 0.3) is 0 Å². The SMILES string of the molecule is CCOc1ccc2c(CC)cccc2c1. The molecule has 0 aromatic heterocycles. The first-order chi connectivity index (χ1) is 7.35. The lowest BCUT2D eigenvalue weighted by Gasteiger charge is -2.07. The van der Waals surface area contributed by atoms with Crippen LogP contribution in [0.15, 0.2) is 36.4 Å². The summed E-state index contributed by atoms with van der Waals surface area (Å²) in [5.74, 6) is 0.957. The van der Waals surface area contributed by atoms with E-state index < -0.39 is 0 Å². The van der Waals surface area contributed by atoms with Gasteiger partial charge in [-0.05, 0) is 41.8 Å². The second-order valence-corrected chi connectivity index (χ2v) is 3.59. The van der Waals surface area contributed by atoms with Crippen LogP contribution in [0.25, 0.3) is 10.8 Å². The third kappa shape index (κ3) is 1.96. The van der Waals surface area contributed by atoms with E-state index in [-0.39, 0.29) is 0 Å². The minimum absolute atomic E-state index is 0.721. The van der Waals surface area contributed by atoms with Gasteiger partial charge in [-0.25, -0.2) is 0 Å². The summed E-state index contributed by atoms with van der Waals surface area (Å²) in [6.07, 6.45) is 1.07. The minimum atomic E-state index is 0.721. The van der Waals surface area contributed by atoms with E-state index in [9.17, 15) is 0 Å². The number of ether oxygens (including phenoxy) is 1. The van der Waals surface area contributed by atoms with Gasteiger partial charge in [0, 0.05) is 0 Å². The molecule has 0 N–H and O–H groups in total. The van der Waals surface area contributed by atoms with Crippen molar-refractivity contribution in [3.8, 4) is 5.75 Å². The highest BCUT2D eigenvalue weighted by molar-refractivity contribution is 5.86. The van der Waals surface area contributed by atoms with E-state index in [1.807, 2.05) is 13.0 Å². The molecule has 0 atom stereocenters. The highest BCUT2D eigenvalue weighted by Crippen LogP contribution is 2.24. The first-order valence-corrected chi connectivity index (χ1v) is 5.49. The summed E-state index contributed by atoms with van der Waals surface area (Å²) < 4.78 is 5.49. The number of benzene rings is 2. The molecule has 1 nitrogen and oxygen atoms in total. The van der Waals surface area contributed by atoms with E-state index in [1.54, 1.807) is 0 Å². The molecule has 2 aromatic rings. The molecule has 0 bridgehead atoms. The minimum Gasteiger partial charge on any atom is -0.494 e. The quantitative estimate of drug-likeness (QED) is 0.732. The molecule has 2 rings (SSSR count). The van der Waals surface area contributed by atoms with Crippen molar-refractivity contribution in [2.75, 3.05) is 6.61 Å². The Labute approximate surface area is 90.7 Å². The van der Waals surface area contributed by atoms with Gasteiger partial charge in [0.15, 0.2) is 0 Å². The Morgan fingerprint density at radius 1 is 1.07 bits per heavy atom. The van der Waals surface area contributed by atoms with E-state index in [2.05, 4.69) is 37.3 Å². The first-order valence-electron chi connectivity index (χ1n) is 5.49. The molecule has 0 aliphatic carbocycles. The fraction of sp³-hybridized carbons (Fsp3) is 0.286. The van der Waals surface area contributed by atoms with Gasteiger partial charge in [0.1, 0.15) is 5.75 Å². The number of aryl methyl sites for hydroxylation is 1. The number of hydrogen-bond donors (Lipinski definition) is 0. The normalized spacial score (nSPS) is 10.5. The van der Waals surface area contributed by atoms with Gasteiger partial charge >= 0.3 is 0 Å². The fourth-order valence-electron chi connectivity index (χ4n) is 1.89. The third-order valence-electron chi connectivity index (χ3n) is 2.63. The molecule has 1 heteroatoms. The van der Waals surface area contributed by atoms with Crippen LogP contribution in [0.5, 0.6) is 5.75 Å². The van der Waals surface area contributed by atoms with Crippen LogP contribution in [0.3, 0.4) is 0 Å². The molecule has 0 unspecified atom stereocenters. The molecule has 0 spiro atoms. The van der Waals surface area contributed by atoms with Crippen LogP contribution in [-0.2, 0) is 6.42 Å². The Bertz CT molecular complexity index is 460. The van der Waals surface area contributed by atoms with Crippen molar-refractivity contribution in [2.45, 2.75) is 20.3 Å². The zero-order chi connectivity index (χ0) is 10.7. The lowest BCUT2D eigenvalue weighted by atomic mass is 10.0. The Kier molecular flexibility index (Phi) is 2.91. The number of rotatable bonds is 3. The monoisotopic (exact) mass is 200 g/mol. The fourth-order valence-corrected chi connectivity index (χ4v) is 1.89. The standard InChI is InChI=1S/C14H16O/c1-3-11-6-5-7-12-10-13(15-4-2)8-9-14(11)12/h5-10H,3-4H2,1-2H3. The Morgan fingerprint density at radius 3 is 2.67 bits per heavy atom. The van der Waals surface area contributed by atoms with Gasteiger partial charge in [0.05, 0.1) is 6.61 Å². The van der Waals surface area contributed by atoms with E-state index in [0.29, 0.717) is 0 Å². The second kappa shape index (κ2) is 4.35. The third-order valence-corrected chi connectivity index (χ3v) is 2.63. The average Bonchev–Trinajstić information content (AvgIpc) is 2.28. The molecular weight excluding hydrogens is 184 g/mol. The largest absolute Gasteiger partial charge is 0.494 e. The van der Waals surface area contributed by atoms with Crippen LogP contribution in [0.4, 0.5) is 0 Å². The van der Waals surface area contributed by atoms with Crippen molar-refractivity contribution in [2.24, 2.45) is 0 Å². The second-order valence-electron chi connectivity index (χ2n) is 3.59. The Balaban J connectivity index is 2.53. The van der Waals surface area contributed by atoms with Crippen LogP contribution in [0.2, 0.25) is 0 Å². The van der Waals surface area contributed by atoms with Gasteiger partial charge in [-0.3, -0.25) is 0 Å². The summed E-state index contributed by atoms with van der Waals surface area (Å²) in [6.45, 7) is 4.91. The molecule has 0 aliphatic heterocycles. The van der Waals surface area contributed by atoms with Gasteiger partial charge < -0.3 is 4.74 Å².